The maximum atomic E-state index is 13.9. The van der Waals surface area contributed by atoms with E-state index in [1.165, 1.54) is 0 Å². The van der Waals surface area contributed by atoms with E-state index in [2.05, 4.69) is 10.6 Å². The molecule has 1 aliphatic rings. The van der Waals surface area contributed by atoms with Crippen LogP contribution < -0.4 is 10.6 Å². The first-order valence-corrected chi connectivity index (χ1v) is 12.8. The zero-order valence-electron chi connectivity index (χ0n) is 22.6. The van der Waals surface area contributed by atoms with Crippen LogP contribution in [-0.4, -0.2) is 52.2 Å². The Morgan fingerprint density at radius 2 is 1.68 bits per heavy atom. The minimum atomic E-state index is -1.25. The lowest BCUT2D eigenvalue weighted by atomic mass is 9.87. The van der Waals surface area contributed by atoms with Gasteiger partial charge < -0.3 is 25.4 Å². The maximum absolute atomic E-state index is 13.9. The summed E-state index contributed by atoms with van der Waals surface area (Å²) >= 11 is 0. The number of hydrogen-bond donors (Lipinski definition) is 3. The number of nitrogens with zero attached hydrogens (tertiary/aromatic N) is 1. The summed E-state index contributed by atoms with van der Waals surface area (Å²) < 4.78 is 5.31. The van der Waals surface area contributed by atoms with E-state index in [1.54, 1.807) is 25.7 Å². The molecule has 0 radical (unpaired) electrons. The van der Waals surface area contributed by atoms with Crippen LogP contribution in [0.15, 0.2) is 42.5 Å². The van der Waals surface area contributed by atoms with Crippen molar-refractivity contribution < 1.29 is 24.2 Å². The molecule has 1 saturated carbocycles. The van der Waals surface area contributed by atoms with Crippen LogP contribution in [0.1, 0.15) is 68.3 Å². The minimum absolute atomic E-state index is 0.199. The number of para-hydroxylation sites is 1. The number of amides is 3. The first-order valence-electron chi connectivity index (χ1n) is 12.8. The molecule has 0 aromatic heterocycles. The van der Waals surface area contributed by atoms with Gasteiger partial charge in [0.05, 0.1) is 6.61 Å². The predicted octanol–water partition coefficient (Wildman–Crippen LogP) is 4.56. The minimum Gasteiger partial charge on any atom is -0.444 e. The molecule has 2 unspecified atom stereocenters. The molecule has 0 heterocycles. The van der Waals surface area contributed by atoms with Gasteiger partial charge in [0.1, 0.15) is 17.7 Å². The van der Waals surface area contributed by atoms with Gasteiger partial charge in [-0.2, -0.15) is 0 Å². The zero-order valence-corrected chi connectivity index (χ0v) is 22.6. The summed E-state index contributed by atoms with van der Waals surface area (Å²) in [4.78, 5) is 41.9. The van der Waals surface area contributed by atoms with Crippen molar-refractivity contribution in [3.05, 3.63) is 64.7 Å². The van der Waals surface area contributed by atoms with E-state index in [0.717, 1.165) is 36.0 Å². The number of hydrogen-bond acceptors (Lipinski definition) is 5. The van der Waals surface area contributed by atoms with E-state index >= 15 is 0 Å². The van der Waals surface area contributed by atoms with Crippen molar-refractivity contribution in [1.82, 2.24) is 10.2 Å². The first kappa shape index (κ1) is 28.2. The van der Waals surface area contributed by atoms with Gasteiger partial charge in [-0.05, 0) is 78.0 Å². The second kappa shape index (κ2) is 11.8. The number of anilines is 1. The Morgan fingerprint density at radius 3 is 2.19 bits per heavy atom. The highest BCUT2D eigenvalue weighted by Crippen LogP contribution is 2.35. The van der Waals surface area contributed by atoms with Crippen LogP contribution in [-0.2, 0) is 14.3 Å². The molecule has 37 heavy (non-hydrogen) atoms. The van der Waals surface area contributed by atoms with Crippen molar-refractivity contribution in [2.45, 2.75) is 84.5 Å². The lowest BCUT2D eigenvalue weighted by Gasteiger charge is -2.43. The van der Waals surface area contributed by atoms with Crippen molar-refractivity contribution in [3.8, 4) is 0 Å². The topological polar surface area (TPSA) is 108 Å². The van der Waals surface area contributed by atoms with Crippen molar-refractivity contribution in [2.75, 3.05) is 11.9 Å². The lowest BCUT2D eigenvalue weighted by molar-refractivity contribution is -0.146. The second-order valence-corrected chi connectivity index (χ2v) is 10.8. The molecule has 2 atom stereocenters. The molecule has 0 saturated heterocycles. The number of aliphatic hydroxyl groups excluding tert-OH is 1. The third-order valence-electron chi connectivity index (χ3n) is 6.38. The van der Waals surface area contributed by atoms with Crippen LogP contribution in [0.5, 0.6) is 0 Å². The zero-order chi connectivity index (χ0) is 27.3. The van der Waals surface area contributed by atoms with Crippen molar-refractivity contribution >= 4 is 23.6 Å². The highest BCUT2D eigenvalue weighted by Gasteiger charge is 2.42. The molecule has 8 nitrogen and oxygen atoms in total. The van der Waals surface area contributed by atoms with Crippen LogP contribution in [0.3, 0.4) is 0 Å². The number of benzene rings is 2. The number of aryl methyl sites for hydroxylation is 3. The summed E-state index contributed by atoms with van der Waals surface area (Å²) in [5, 5.41) is 15.6. The maximum Gasteiger partial charge on any atom is 0.408 e. The summed E-state index contributed by atoms with van der Waals surface area (Å²) in [6, 6.07) is 10.9. The van der Waals surface area contributed by atoms with E-state index in [9.17, 15) is 19.5 Å². The van der Waals surface area contributed by atoms with Gasteiger partial charge in [0.25, 0.3) is 5.91 Å². The summed E-state index contributed by atoms with van der Waals surface area (Å²) in [5.41, 5.74) is 3.41. The Bertz CT molecular complexity index is 1120. The third kappa shape index (κ3) is 7.32. The molecule has 2 aromatic rings. The Balaban J connectivity index is 2.02. The monoisotopic (exact) mass is 509 g/mol. The lowest BCUT2D eigenvalue weighted by Crippen LogP contribution is -2.58. The molecule has 1 aliphatic carbocycles. The predicted molar refractivity (Wildman–Crippen MR) is 143 cm³/mol. The fraction of sp³-hybridized carbons (Fsp3) is 0.483. The fourth-order valence-electron chi connectivity index (χ4n) is 4.52. The van der Waals surface area contributed by atoms with Gasteiger partial charge in [-0.1, -0.05) is 47.5 Å². The van der Waals surface area contributed by atoms with Crippen LogP contribution in [0.4, 0.5) is 10.5 Å². The highest BCUT2D eigenvalue weighted by molar-refractivity contribution is 5.99. The van der Waals surface area contributed by atoms with Crippen molar-refractivity contribution in [1.29, 1.82) is 0 Å². The van der Waals surface area contributed by atoms with Gasteiger partial charge in [0.2, 0.25) is 5.91 Å². The molecule has 2 aromatic carbocycles. The van der Waals surface area contributed by atoms with E-state index in [0.29, 0.717) is 11.3 Å². The molecule has 0 bridgehead atoms. The molecule has 200 valence electrons. The Morgan fingerprint density at radius 1 is 1.05 bits per heavy atom. The molecule has 3 amide bonds. The fourth-order valence-corrected chi connectivity index (χ4v) is 4.52. The summed E-state index contributed by atoms with van der Waals surface area (Å²) in [7, 11) is 0. The Hall–Kier alpha value is -3.39. The molecular formula is C29H39N3O5. The number of carbonyl (C=O) groups is 3. The largest absolute Gasteiger partial charge is 0.444 e. The van der Waals surface area contributed by atoms with Crippen molar-refractivity contribution in [2.24, 2.45) is 0 Å². The normalized spacial score (nSPS) is 15.2. The summed E-state index contributed by atoms with van der Waals surface area (Å²) in [6.45, 7) is 10.3. The molecule has 0 aliphatic heterocycles. The standard InChI is InChI=1S/C29H39N3O5/c1-18-14-19(2)16-21(15-18)25(26(34)30-23-13-8-7-10-20(23)3)32(22-11-9-12-22)27(35)24(17-33)31-28(36)37-29(4,5)6/h7-8,10,13-16,22,24-25,33H,9,11-12,17H2,1-6H3,(H,30,34)(H,31,36). The quantitative estimate of drug-likeness (QED) is 0.484. The van der Waals surface area contributed by atoms with Crippen LogP contribution in [0.25, 0.3) is 0 Å². The number of rotatable bonds is 8. The number of aliphatic hydroxyl groups is 1. The molecular weight excluding hydrogens is 470 g/mol. The third-order valence-corrected chi connectivity index (χ3v) is 6.38. The second-order valence-electron chi connectivity index (χ2n) is 10.8. The van der Waals surface area contributed by atoms with Gasteiger partial charge >= 0.3 is 6.09 Å². The van der Waals surface area contributed by atoms with E-state index in [4.69, 9.17) is 4.74 Å². The number of nitrogens with one attached hydrogen (secondary N) is 2. The number of alkyl carbamates (subject to hydrolysis) is 1. The van der Waals surface area contributed by atoms with Gasteiger partial charge in [0.15, 0.2) is 0 Å². The SMILES string of the molecule is Cc1cc(C)cc(C(C(=O)Nc2ccccc2C)N(C(=O)C(CO)NC(=O)OC(C)(C)C)C2CCC2)c1. The summed E-state index contributed by atoms with van der Waals surface area (Å²) in [5.74, 6) is -0.879. The Labute approximate surface area is 219 Å². The summed E-state index contributed by atoms with van der Waals surface area (Å²) in [6.07, 6.45) is 1.59. The first-order chi connectivity index (χ1) is 17.4. The molecule has 0 spiro atoms. The van der Waals surface area contributed by atoms with Crippen LogP contribution in [0, 0.1) is 20.8 Å². The average Bonchev–Trinajstić information content (AvgIpc) is 2.75. The molecule has 8 heteroatoms. The molecule has 3 N–H and O–H groups in total. The van der Waals surface area contributed by atoms with Crippen LogP contribution in [0.2, 0.25) is 0 Å². The number of ether oxygens (including phenoxy) is 1. The average molecular weight is 510 g/mol. The molecule has 3 rings (SSSR count). The Kier molecular flexibility index (Phi) is 8.97. The van der Waals surface area contributed by atoms with Gasteiger partial charge in [-0.15, -0.1) is 0 Å². The highest BCUT2D eigenvalue weighted by atomic mass is 16.6. The number of carbonyl (C=O) groups excluding carboxylic acids is 3. The smallest absolute Gasteiger partial charge is 0.408 e. The van der Waals surface area contributed by atoms with Crippen LogP contribution >= 0.6 is 0 Å². The van der Waals surface area contributed by atoms with E-state index < -0.39 is 36.3 Å². The van der Waals surface area contributed by atoms with Gasteiger partial charge in [0, 0.05) is 11.7 Å². The van der Waals surface area contributed by atoms with Gasteiger partial charge in [-0.3, -0.25) is 9.59 Å². The molecule has 1 fully saturated rings. The van der Waals surface area contributed by atoms with Gasteiger partial charge in [-0.25, -0.2) is 4.79 Å². The van der Waals surface area contributed by atoms with Crippen molar-refractivity contribution in [3.63, 3.8) is 0 Å². The van der Waals surface area contributed by atoms with E-state index in [-0.39, 0.29) is 11.9 Å². The van der Waals surface area contributed by atoms with E-state index in [1.807, 2.05) is 63.2 Å².